The van der Waals surface area contributed by atoms with E-state index in [9.17, 15) is 9.90 Å². The van der Waals surface area contributed by atoms with Crippen molar-refractivity contribution in [2.24, 2.45) is 0 Å². The van der Waals surface area contributed by atoms with E-state index in [4.69, 9.17) is 12.2 Å². The van der Waals surface area contributed by atoms with E-state index in [0.29, 0.717) is 19.3 Å². The van der Waals surface area contributed by atoms with Gasteiger partial charge in [0.1, 0.15) is 5.75 Å². The molecule has 0 bridgehead atoms. The van der Waals surface area contributed by atoms with Crippen LogP contribution in [-0.4, -0.2) is 15.3 Å². The molecule has 1 heterocycles. The summed E-state index contributed by atoms with van der Waals surface area (Å²) in [4.78, 5) is 14.6. The minimum absolute atomic E-state index is 0.0816. The number of halogens is 2. The molecule has 1 aliphatic heterocycles. The zero-order valence-electron chi connectivity index (χ0n) is 11.5. The Morgan fingerprint density at radius 1 is 1.17 bits per heavy atom. The van der Waals surface area contributed by atoms with Crippen molar-refractivity contribution in [2.45, 2.75) is 0 Å². The molecule has 2 aromatic rings. The molecule has 0 radical (unpaired) electrons. The highest BCUT2D eigenvalue weighted by atomic mass is 79.9. The molecular formula is C16H9Br2NO2S2. The smallest absolute Gasteiger partial charge is 0.270 e. The Labute approximate surface area is 159 Å². The quantitative estimate of drug-likeness (QED) is 0.476. The number of rotatable bonds is 2. The number of carbonyl (C=O) groups excluding carboxylic acids is 1. The van der Waals surface area contributed by atoms with Crippen LogP contribution in [0.2, 0.25) is 0 Å². The predicted molar refractivity (Wildman–Crippen MR) is 106 cm³/mol. The molecule has 0 aromatic heterocycles. The molecule has 2 aromatic carbocycles. The largest absolute Gasteiger partial charge is 0.506 e. The van der Waals surface area contributed by atoms with E-state index in [2.05, 4.69) is 31.9 Å². The first kappa shape index (κ1) is 16.7. The number of thiocarbonyl (C=S) groups is 1. The first-order valence-corrected chi connectivity index (χ1v) is 9.29. The van der Waals surface area contributed by atoms with Gasteiger partial charge in [-0.05, 0) is 46.3 Å². The fourth-order valence-electron chi connectivity index (χ4n) is 2.10. The molecule has 0 spiro atoms. The molecule has 0 unspecified atom stereocenters. The van der Waals surface area contributed by atoms with Crippen molar-refractivity contribution < 1.29 is 9.90 Å². The van der Waals surface area contributed by atoms with E-state index < -0.39 is 0 Å². The third-order valence-corrected chi connectivity index (χ3v) is 5.52. The van der Waals surface area contributed by atoms with Crippen molar-refractivity contribution in [1.82, 2.24) is 0 Å². The van der Waals surface area contributed by atoms with E-state index in [-0.39, 0.29) is 11.7 Å². The molecule has 0 atom stereocenters. The van der Waals surface area contributed by atoms with Gasteiger partial charge in [0.25, 0.3) is 5.91 Å². The highest BCUT2D eigenvalue weighted by Crippen LogP contribution is 2.39. The zero-order valence-corrected chi connectivity index (χ0v) is 16.3. The Morgan fingerprint density at radius 2 is 1.87 bits per heavy atom. The molecule has 1 amide bonds. The molecule has 23 heavy (non-hydrogen) atoms. The average Bonchev–Trinajstić information content (AvgIpc) is 2.79. The maximum absolute atomic E-state index is 12.6. The fourth-order valence-corrected chi connectivity index (χ4v) is 4.65. The summed E-state index contributed by atoms with van der Waals surface area (Å²) in [6, 6.07) is 12.7. The lowest BCUT2D eigenvalue weighted by atomic mass is 10.2. The molecule has 1 fully saturated rings. The Balaban J connectivity index is 2.00. The Kier molecular flexibility index (Phi) is 4.91. The topological polar surface area (TPSA) is 40.5 Å². The highest BCUT2D eigenvalue weighted by molar-refractivity contribution is 9.11. The van der Waals surface area contributed by atoms with Crippen molar-refractivity contribution in [1.29, 1.82) is 0 Å². The van der Waals surface area contributed by atoms with Crippen LogP contribution in [0.15, 0.2) is 56.3 Å². The standard InChI is InChI=1S/C16H9Br2NO2S2/c17-10-6-9(14(20)12(18)8-10)7-13-15(21)19(16(22)23-13)11-4-2-1-3-5-11/h1-8,20H/b13-7-. The average molecular weight is 471 g/mol. The predicted octanol–water partition coefficient (Wildman–Crippen LogP) is 5.32. The van der Waals surface area contributed by atoms with Crippen molar-refractivity contribution in [3.8, 4) is 5.75 Å². The summed E-state index contributed by atoms with van der Waals surface area (Å²) < 4.78 is 1.82. The zero-order chi connectivity index (χ0) is 16.6. The second kappa shape index (κ2) is 6.76. The minimum Gasteiger partial charge on any atom is -0.506 e. The second-order valence-corrected chi connectivity index (χ2v) is 8.12. The molecule has 0 aliphatic carbocycles. The molecule has 1 aliphatic rings. The van der Waals surface area contributed by atoms with Gasteiger partial charge in [0.05, 0.1) is 15.1 Å². The Bertz CT molecular complexity index is 837. The number of hydrogen-bond donors (Lipinski definition) is 1. The van der Waals surface area contributed by atoms with E-state index in [1.807, 2.05) is 30.3 Å². The number of benzene rings is 2. The molecular weight excluding hydrogens is 462 g/mol. The van der Waals surface area contributed by atoms with E-state index in [1.54, 1.807) is 18.2 Å². The lowest BCUT2D eigenvalue weighted by molar-refractivity contribution is -0.113. The lowest BCUT2D eigenvalue weighted by Gasteiger charge is -2.13. The first-order chi connectivity index (χ1) is 11.0. The number of hydrogen-bond acceptors (Lipinski definition) is 4. The molecule has 3 nitrogen and oxygen atoms in total. The molecule has 7 heteroatoms. The number of phenolic OH excluding ortho intramolecular Hbond substituents is 1. The van der Waals surface area contributed by atoms with Crippen LogP contribution in [0.5, 0.6) is 5.75 Å². The second-order valence-electron chi connectivity index (χ2n) is 4.68. The molecule has 1 saturated heterocycles. The van der Waals surface area contributed by atoms with Crippen molar-refractivity contribution in [3.05, 3.63) is 61.9 Å². The summed E-state index contributed by atoms with van der Waals surface area (Å²) in [7, 11) is 0. The number of aromatic hydroxyl groups is 1. The monoisotopic (exact) mass is 469 g/mol. The van der Waals surface area contributed by atoms with Crippen LogP contribution in [0.3, 0.4) is 0 Å². The van der Waals surface area contributed by atoms with E-state index >= 15 is 0 Å². The summed E-state index contributed by atoms with van der Waals surface area (Å²) in [5.41, 5.74) is 1.28. The number of phenols is 1. The van der Waals surface area contributed by atoms with Crippen LogP contribution in [-0.2, 0) is 4.79 Å². The van der Waals surface area contributed by atoms with Gasteiger partial charge in [-0.3, -0.25) is 9.69 Å². The van der Waals surface area contributed by atoms with Gasteiger partial charge in [-0.1, -0.05) is 58.1 Å². The summed E-state index contributed by atoms with van der Waals surface area (Å²) in [6.45, 7) is 0. The van der Waals surface area contributed by atoms with Crippen LogP contribution in [0.25, 0.3) is 6.08 Å². The molecule has 0 saturated carbocycles. The van der Waals surface area contributed by atoms with Crippen LogP contribution in [0.4, 0.5) is 5.69 Å². The Morgan fingerprint density at radius 3 is 2.57 bits per heavy atom. The highest BCUT2D eigenvalue weighted by Gasteiger charge is 2.33. The normalized spacial score (nSPS) is 16.4. The summed E-state index contributed by atoms with van der Waals surface area (Å²) in [5, 5.41) is 10.1. The van der Waals surface area contributed by atoms with Crippen LogP contribution in [0.1, 0.15) is 5.56 Å². The lowest BCUT2D eigenvalue weighted by Crippen LogP contribution is -2.27. The van der Waals surface area contributed by atoms with Gasteiger partial charge in [-0.25, -0.2) is 0 Å². The SMILES string of the molecule is O=C1/C(=C/c2cc(Br)cc(Br)c2O)SC(=S)N1c1ccccc1. The molecule has 1 N–H and O–H groups in total. The number of amides is 1. The molecule has 116 valence electrons. The third kappa shape index (κ3) is 3.38. The minimum atomic E-state index is -0.193. The van der Waals surface area contributed by atoms with E-state index in [1.165, 1.54) is 16.7 Å². The Hall–Kier alpha value is -1.15. The summed E-state index contributed by atoms with van der Waals surface area (Å²) in [5.74, 6) is -0.111. The van der Waals surface area contributed by atoms with Gasteiger partial charge in [-0.15, -0.1) is 0 Å². The number of anilines is 1. The van der Waals surface area contributed by atoms with Crippen molar-refractivity contribution >= 4 is 77.8 Å². The van der Waals surface area contributed by atoms with E-state index in [0.717, 1.165) is 10.2 Å². The number of thioether (sulfide) groups is 1. The third-order valence-electron chi connectivity index (χ3n) is 3.15. The van der Waals surface area contributed by atoms with Gasteiger partial charge in [0, 0.05) is 10.0 Å². The van der Waals surface area contributed by atoms with Gasteiger partial charge in [0.15, 0.2) is 4.32 Å². The fraction of sp³-hybridized carbons (Fsp3) is 0. The van der Waals surface area contributed by atoms with Crippen molar-refractivity contribution in [3.63, 3.8) is 0 Å². The summed E-state index contributed by atoms with van der Waals surface area (Å²) >= 11 is 13.2. The van der Waals surface area contributed by atoms with Crippen LogP contribution < -0.4 is 4.90 Å². The number of carbonyl (C=O) groups is 1. The summed E-state index contributed by atoms with van der Waals surface area (Å²) in [6.07, 6.45) is 1.65. The maximum atomic E-state index is 12.6. The van der Waals surface area contributed by atoms with Gasteiger partial charge >= 0.3 is 0 Å². The van der Waals surface area contributed by atoms with Crippen LogP contribution in [0, 0.1) is 0 Å². The van der Waals surface area contributed by atoms with Gasteiger partial charge in [-0.2, -0.15) is 0 Å². The first-order valence-electron chi connectivity index (χ1n) is 6.48. The molecule has 3 rings (SSSR count). The van der Waals surface area contributed by atoms with Crippen LogP contribution >= 0.6 is 55.8 Å². The number of para-hydroxylation sites is 1. The maximum Gasteiger partial charge on any atom is 0.270 e. The van der Waals surface area contributed by atoms with Crippen molar-refractivity contribution in [2.75, 3.05) is 4.90 Å². The van der Waals surface area contributed by atoms with Gasteiger partial charge < -0.3 is 5.11 Å². The number of nitrogens with zero attached hydrogens (tertiary/aromatic N) is 1. The van der Waals surface area contributed by atoms with Gasteiger partial charge in [0.2, 0.25) is 0 Å².